The number of fused-ring (bicyclic) bond motifs is 2. The van der Waals surface area contributed by atoms with Crippen LogP contribution in [0.15, 0.2) is 42.6 Å². The molecule has 0 aliphatic carbocycles. The first-order valence-corrected chi connectivity index (χ1v) is 9.50. The Morgan fingerprint density at radius 3 is 2.66 bits per heavy atom. The van der Waals surface area contributed by atoms with E-state index in [2.05, 4.69) is 25.3 Å². The maximum atomic E-state index is 12.9. The molecule has 0 atom stereocenters. The fourth-order valence-corrected chi connectivity index (χ4v) is 3.72. The molecule has 1 amide bonds. The molecule has 0 spiro atoms. The van der Waals surface area contributed by atoms with Gasteiger partial charge in [-0.3, -0.25) is 9.78 Å². The van der Waals surface area contributed by atoms with Crippen molar-refractivity contribution in [3.05, 3.63) is 54.1 Å². The van der Waals surface area contributed by atoms with E-state index >= 15 is 0 Å². The van der Waals surface area contributed by atoms with Gasteiger partial charge in [-0.2, -0.15) is 4.52 Å². The van der Waals surface area contributed by atoms with E-state index in [-0.39, 0.29) is 11.8 Å². The van der Waals surface area contributed by atoms with Gasteiger partial charge < -0.3 is 9.64 Å². The minimum Gasteiger partial charge on any atom is -0.480 e. The number of aromatic nitrogens is 6. The lowest BCUT2D eigenvalue weighted by Gasteiger charge is -2.30. The van der Waals surface area contributed by atoms with Crippen molar-refractivity contribution in [1.29, 1.82) is 0 Å². The van der Waals surface area contributed by atoms with E-state index in [0.717, 1.165) is 29.7 Å². The highest BCUT2D eigenvalue weighted by Crippen LogP contribution is 2.28. The Kier molecular flexibility index (Phi) is 4.27. The Morgan fingerprint density at radius 2 is 1.86 bits per heavy atom. The molecule has 0 radical (unpaired) electrons. The number of methoxy groups -OCH3 is 1. The van der Waals surface area contributed by atoms with Crippen molar-refractivity contribution in [2.75, 3.05) is 20.2 Å². The lowest BCUT2D eigenvalue weighted by atomic mass is 9.96. The lowest BCUT2D eigenvalue weighted by Crippen LogP contribution is -2.38. The number of rotatable bonds is 3. The number of carbonyl (C=O) groups is 1. The second kappa shape index (κ2) is 7.08. The topological polar surface area (TPSA) is 98.4 Å². The van der Waals surface area contributed by atoms with Gasteiger partial charge in [-0.1, -0.05) is 12.1 Å². The number of benzene rings is 1. The van der Waals surface area contributed by atoms with Crippen LogP contribution < -0.4 is 4.74 Å². The fourth-order valence-electron chi connectivity index (χ4n) is 3.72. The van der Waals surface area contributed by atoms with Gasteiger partial charge in [-0.15, -0.1) is 15.3 Å². The average molecular weight is 389 g/mol. The fraction of sp³-hybridized carbons (Fsp3) is 0.300. The van der Waals surface area contributed by atoms with Crippen LogP contribution in [-0.4, -0.2) is 60.8 Å². The summed E-state index contributed by atoms with van der Waals surface area (Å²) in [4.78, 5) is 23.5. The summed E-state index contributed by atoms with van der Waals surface area (Å²) in [6.07, 6.45) is 3.12. The number of hydrogen-bond donors (Lipinski definition) is 0. The molecular weight excluding hydrogens is 370 g/mol. The lowest BCUT2D eigenvalue weighted by molar-refractivity contribution is 0.0704. The molecule has 1 aliphatic rings. The minimum absolute atomic E-state index is 0.0902. The van der Waals surface area contributed by atoms with Crippen LogP contribution in [0.2, 0.25) is 0 Å². The highest BCUT2D eigenvalue weighted by atomic mass is 16.5. The van der Waals surface area contributed by atoms with Crippen molar-refractivity contribution >= 4 is 22.6 Å². The molecule has 1 saturated heterocycles. The van der Waals surface area contributed by atoms with Gasteiger partial charge in [0.15, 0.2) is 11.5 Å². The maximum absolute atomic E-state index is 12.9. The third-order valence-corrected chi connectivity index (χ3v) is 5.29. The van der Waals surface area contributed by atoms with E-state index in [4.69, 9.17) is 4.74 Å². The van der Waals surface area contributed by atoms with E-state index in [1.165, 1.54) is 0 Å². The summed E-state index contributed by atoms with van der Waals surface area (Å²) in [7, 11) is 1.58. The highest BCUT2D eigenvalue weighted by Gasteiger charge is 2.28. The zero-order valence-electron chi connectivity index (χ0n) is 15.9. The molecule has 4 heterocycles. The molecule has 1 aromatic carbocycles. The molecule has 1 aliphatic heterocycles. The van der Waals surface area contributed by atoms with Gasteiger partial charge >= 0.3 is 0 Å². The summed E-state index contributed by atoms with van der Waals surface area (Å²) in [5.74, 6) is 1.40. The number of piperidine rings is 1. The SMILES string of the molecule is COc1ccc2nnc(C3CCN(C(=O)c4cnc5ccccc5n4)CC3)n2n1. The second-order valence-corrected chi connectivity index (χ2v) is 7.01. The van der Waals surface area contributed by atoms with Crippen LogP contribution in [0.3, 0.4) is 0 Å². The van der Waals surface area contributed by atoms with Crippen LogP contribution >= 0.6 is 0 Å². The molecule has 4 aromatic rings. The number of ether oxygens (including phenoxy) is 1. The second-order valence-electron chi connectivity index (χ2n) is 7.01. The zero-order chi connectivity index (χ0) is 19.8. The van der Waals surface area contributed by atoms with E-state index in [0.29, 0.717) is 30.3 Å². The number of hydrogen-bond acceptors (Lipinski definition) is 7. The Balaban J connectivity index is 1.32. The van der Waals surface area contributed by atoms with E-state index < -0.39 is 0 Å². The molecule has 9 heteroatoms. The molecule has 0 unspecified atom stereocenters. The van der Waals surface area contributed by atoms with Crippen LogP contribution in [-0.2, 0) is 0 Å². The van der Waals surface area contributed by atoms with Gasteiger partial charge in [-0.25, -0.2) is 4.98 Å². The Morgan fingerprint density at radius 1 is 1.07 bits per heavy atom. The largest absolute Gasteiger partial charge is 0.480 e. The maximum Gasteiger partial charge on any atom is 0.274 e. The smallest absolute Gasteiger partial charge is 0.274 e. The van der Waals surface area contributed by atoms with Crippen molar-refractivity contribution < 1.29 is 9.53 Å². The van der Waals surface area contributed by atoms with Crippen LogP contribution in [0.4, 0.5) is 0 Å². The standard InChI is InChI=1S/C20H19N7O2/c1-29-18-7-6-17-23-24-19(27(17)25-18)13-8-10-26(11-9-13)20(28)16-12-21-14-4-2-3-5-15(14)22-16/h2-7,12-13H,8-11H2,1H3. The van der Waals surface area contributed by atoms with Crippen molar-refractivity contribution in [1.82, 2.24) is 34.7 Å². The van der Waals surface area contributed by atoms with Gasteiger partial charge in [0, 0.05) is 25.1 Å². The summed E-state index contributed by atoms with van der Waals surface area (Å²) in [5, 5.41) is 13.0. The van der Waals surface area contributed by atoms with Crippen LogP contribution in [0.1, 0.15) is 35.1 Å². The van der Waals surface area contributed by atoms with E-state index in [9.17, 15) is 4.79 Å². The van der Waals surface area contributed by atoms with Crippen LogP contribution in [0.5, 0.6) is 5.88 Å². The summed E-state index contributed by atoms with van der Waals surface area (Å²) in [5.41, 5.74) is 2.57. The van der Waals surface area contributed by atoms with E-state index in [1.54, 1.807) is 23.9 Å². The molecule has 5 rings (SSSR count). The molecule has 1 fully saturated rings. The number of amides is 1. The minimum atomic E-state index is -0.0902. The third-order valence-electron chi connectivity index (χ3n) is 5.29. The first-order chi connectivity index (χ1) is 14.2. The molecule has 0 bridgehead atoms. The number of likely N-dealkylation sites (tertiary alicyclic amines) is 1. The number of para-hydroxylation sites is 2. The van der Waals surface area contributed by atoms with Gasteiger partial charge in [0.2, 0.25) is 5.88 Å². The number of carbonyl (C=O) groups excluding carboxylic acids is 1. The Labute approximate surface area is 166 Å². The normalized spacial score (nSPS) is 15.1. The van der Waals surface area contributed by atoms with E-state index in [1.807, 2.05) is 35.2 Å². The van der Waals surface area contributed by atoms with Gasteiger partial charge in [0.1, 0.15) is 5.69 Å². The van der Waals surface area contributed by atoms with Gasteiger partial charge in [0.05, 0.1) is 24.3 Å². The predicted molar refractivity (Wildman–Crippen MR) is 105 cm³/mol. The third kappa shape index (κ3) is 3.14. The molecule has 0 saturated carbocycles. The van der Waals surface area contributed by atoms with Crippen molar-refractivity contribution in [2.24, 2.45) is 0 Å². The van der Waals surface area contributed by atoms with Crippen LogP contribution in [0.25, 0.3) is 16.7 Å². The van der Waals surface area contributed by atoms with Gasteiger partial charge in [0.25, 0.3) is 5.91 Å². The first-order valence-electron chi connectivity index (χ1n) is 9.50. The Bertz CT molecular complexity index is 1200. The molecular formula is C20H19N7O2. The Hall–Kier alpha value is -3.62. The summed E-state index contributed by atoms with van der Waals surface area (Å²) in [6.45, 7) is 1.24. The summed E-state index contributed by atoms with van der Waals surface area (Å²) in [6, 6.07) is 11.1. The molecule has 0 N–H and O–H groups in total. The van der Waals surface area contributed by atoms with Crippen molar-refractivity contribution in [3.8, 4) is 5.88 Å². The highest BCUT2D eigenvalue weighted by molar-refractivity contribution is 5.93. The van der Waals surface area contributed by atoms with Crippen molar-refractivity contribution in [3.63, 3.8) is 0 Å². The quantitative estimate of drug-likeness (QED) is 0.529. The molecule has 9 nitrogen and oxygen atoms in total. The summed E-state index contributed by atoms with van der Waals surface area (Å²) >= 11 is 0. The molecule has 29 heavy (non-hydrogen) atoms. The van der Waals surface area contributed by atoms with Crippen LogP contribution in [0, 0.1) is 0 Å². The molecule has 3 aromatic heterocycles. The monoisotopic (exact) mass is 389 g/mol. The first kappa shape index (κ1) is 17.5. The predicted octanol–water partition coefficient (Wildman–Crippen LogP) is 2.10. The molecule has 146 valence electrons. The van der Waals surface area contributed by atoms with Crippen molar-refractivity contribution in [2.45, 2.75) is 18.8 Å². The number of nitrogens with zero attached hydrogens (tertiary/aromatic N) is 7. The zero-order valence-corrected chi connectivity index (χ0v) is 15.9. The van der Waals surface area contributed by atoms with Gasteiger partial charge in [-0.05, 0) is 31.0 Å². The summed E-state index contributed by atoms with van der Waals surface area (Å²) < 4.78 is 6.94. The average Bonchev–Trinajstić information content (AvgIpc) is 3.21.